The van der Waals surface area contributed by atoms with Crippen LogP contribution in [0.1, 0.15) is 34.4 Å². The minimum Gasteiger partial charge on any atom is -0.475 e. The maximum atomic E-state index is 13.0. The summed E-state index contributed by atoms with van der Waals surface area (Å²) in [6.45, 7) is 8.51. The Morgan fingerprint density at radius 1 is 1.21 bits per heavy atom. The predicted molar refractivity (Wildman–Crippen MR) is 125 cm³/mol. The van der Waals surface area contributed by atoms with Gasteiger partial charge in [-0.3, -0.25) is 18.9 Å². The van der Waals surface area contributed by atoms with Crippen LogP contribution in [0.4, 0.5) is 0 Å². The molecule has 0 N–H and O–H groups in total. The van der Waals surface area contributed by atoms with Gasteiger partial charge in [0.2, 0.25) is 5.88 Å². The Labute approximate surface area is 192 Å². The highest BCUT2D eigenvalue weighted by molar-refractivity contribution is 5.94. The van der Waals surface area contributed by atoms with E-state index in [-0.39, 0.29) is 5.91 Å². The van der Waals surface area contributed by atoms with Gasteiger partial charge in [0.1, 0.15) is 12.3 Å². The number of rotatable bonds is 8. The summed E-state index contributed by atoms with van der Waals surface area (Å²) in [5.74, 6) is 0.494. The predicted octanol–water partition coefficient (Wildman–Crippen LogP) is 2.53. The minimum atomic E-state index is -0.0831. The van der Waals surface area contributed by atoms with E-state index >= 15 is 0 Å². The monoisotopic (exact) mass is 448 g/mol. The maximum Gasteiger partial charge on any atom is 0.272 e. The summed E-state index contributed by atoms with van der Waals surface area (Å²) in [7, 11) is 5.37. The van der Waals surface area contributed by atoms with Crippen LogP contribution < -0.4 is 4.74 Å². The van der Waals surface area contributed by atoms with Crippen LogP contribution in [-0.4, -0.2) is 64.9 Å². The van der Waals surface area contributed by atoms with Gasteiger partial charge < -0.3 is 9.64 Å². The quantitative estimate of drug-likeness (QED) is 0.411. The lowest BCUT2D eigenvalue weighted by Gasteiger charge is -2.18. The number of fused-ring (bicyclic) bond motifs is 1. The van der Waals surface area contributed by atoms with Gasteiger partial charge in [-0.25, -0.2) is 9.67 Å². The molecule has 172 valence electrons. The summed E-state index contributed by atoms with van der Waals surface area (Å²) < 4.78 is 11.3. The SMILES string of the molecule is C=Cc1cnc2cnc(-c3cnn(C)c3OCCN(C)C(=O)c3c(C)c(CC)nn3C)cn12. The number of likely N-dealkylation sites (N-methyl/N-ethyl adjacent to an activating group) is 1. The van der Waals surface area contributed by atoms with Gasteiger partial charge in [0.25, 0.3) is 5.91 Å². The maximum absolute atomic E-state index is 13.0. The number of aryl methyl sites for hydroxylation is 3. The van der Waals surface area contributed by atoms with Crippen LogP contribution in [0.3, 0.4) is 0 Å². The fourth-order valence-electron chi connectivity index (χ4n) is 3.85. The Bertz CT molecular complexity index is 1330. The highest BCUT2D eigenvalue weighted by Gasteiger charge is 2.22. The molecule has 0 saturated carbocycles. The molecule has 4 aromatic rings. The van der Waals surface area contributed by atoms with E-state index in [0.717, 1.165) is 34.6 Å². The molecule has 0 aliphatic rings. The van der Waals surface area contributed by atoms with Gasteiger partial charge >= 0.3 is 0 Å². The standard InChI is InChI=1S/C23H28N8O2/c1-7-16-11-25-20-13-24-19(14-31(16)20)17-12-26-30(6)23(17)33-10-9-28(4)22(32)21-15(3)18(8-2)27-29(21)5/h7,11-14H,1,8-10H2,2-6H3. The van der Waals surface area contributed by atoms with Gasteiger partial charge in [-0.1, -0.05) is 13.5 Å². The van der Waals surface area contributed by atoms with E-state index in [4.69, 9.17) is 4.74 Å². The van der Waals surface area contributed by atoms with Crippen molar-refractivity contribution in [3.8, 4) is 17.1 Å². The lowest BCUT2D eigenvalue weighted by molar-refractivity contribution is 0.0760. The highest BCUT2D eigenvalue weighted by atomic mass is 16.5. The largest absolute Gasteiger partial charge is 0.475 e. The zero-order chi connectivity index (χ0) is 23.7. The van der Waals surface area contributed by atoms with E-state index in [9.17, 15) is 4.79 Å². The number of hydrogen-bond donors (Lipinski definition) is 0. The smallest absolute Gasteiger partial charge is 0.272 e. The fourth-order valence-corrected chi connectivity index (χ4v) is 3.85. The first kappa shape index (κ1) is 22.3. The van der Waals surface area contributed by atoms with Crippen molar-refractivity contribution in [2.24, 2.45) is 14.1 Å². The summed E-state index contributed by atoms with van der Waals surface area (Å²) in [4.78, 5) is 23.5. The Kier molecular flexibility index (Phi) is 5.99. The van der Waals surface area contributed by atoms with Gasteiger partial charge in [-0.2, -0.15) is 10.2 Å². The number of hydrogen-bond acceptors (Lipinski definition) is 6. The number of ether oxygens (including phenoxy) is 1. The van der Waals surface area contributed by atoms with Gasteiger partial charge in [-0.15, -0.1) is 0 Å². The average molecular weight is 449 g/mol. The third kappa shape index (κ3) is 3.99. The van der Waals surface area contributed by atoms with Gasteiger partial charge in [0.05, 0.1) is 47.8 Å². The molecule has 33 heavy (non-hydrogen) atoms. The second-order valence-corrected chi connectivity index (χ2v) is 7.85. The molecular formula is C23H28N8O2. The molecule has 0 saturated heterocycles. The third-order valence-electron chi connectivity index (χ3n) is 5.73. The van der Waals surface area contributed by atoms with Crippen molar-refractivity contribution in [2.45, 2.75) is 20.3 Å². The van der Waals surface area contributed by atoms with E-state index < -0.39 is 0 Å². The Balaban J connectivity index is 1.49. The van der Waals surface area contributed by atoms with E-state index in [2.05, 4.69) is 26.7 Å². The lowest BCUT2D eigenvalue weighted by atomic mass is 10.1. The van der Waals surface area contributed by atoms with Crippen molar-refractivity contribution in [1.29, 1.82) is 0 Å². The normalized spacial score (nSPS) is 11.2. The molecule has 4 aromatic heterocycles. The molecule has 0 unspecified atom stereocenters. The molecule has 0 aromatic carbocycles. The van der Waals surface area contributed by atoms with E-state index in [1.165, 1.54) is 0 Å². The summed E-state index contributed by atoms with van der Waals surface area (Å²) in [6, 6.07) is 0. The van der Waals surface area contributed by atoms with Crippen molar-refractivity contribution >= 4 is 17.6 Å². The fraction of sp³-hybridized carbons (Fsp3) is 0.348. The molecule has 0 aliphatic heterocycles. The van der Waals surface area contributed by atoms with Crippen molar-refractivity contribution in [3.63, 3.8) is 0 Å². The molecule has 0 fully saturated rings. The summed E-state index contributed by atoms with van der Waals surface area (Å²) in [5, 5.41) is 8.78. The van der Waals surface area contributed by atoms with Crippen LogP contribution in [0.25, 0.3) is 23.0 Å². The molecule has 0 spiro atoms. The molecule has 0 radical (unpaired) electrons. The van der Waals surface area contributed by atoms with Crippen molar-refractivity contribution < 1.29 is 9.53 Å². The van der Waals surface area contributed by atoms with Crippen LogP contribution in [0, 0.1) is 6.92 Å². The van der Waals surface area contributed by atoms with Gasteiger partial charge in [-0.05, 0) is 19.4 Å². The summed E-state index contributed by atoms with van der Waals surface area (Å²) >= 11 is 0. The first-order valence-corrected chi connectivity index (χ1v) is 10.7. The zero-order valence-electron chi connectivity index (χ0n) is 19.6. The minimum absolute atomic E-state index is 0.0831. The molecule has 0 aliphatic carbocycles. The Hall–Kier alpha value is -3.95. The average Bonchev–Trinajstić information content (AvgIpc) is 3.47. The molecule has 0 atom stereocenters. The molecule has 1 amide bonds. The van der Waals surface area contributed by atoms with Crippen molar-refractivity contribution in [1.82, 2.24) is 38.8 Å². The molecule has 10 nitrogen and oxygen atoms in total. The second-order valence-electron chi connectivity index (χ2n) is 7.85. The molecule has 4 rings (SSSR count). The van der Waals surface area contributed by atoms with Crippen LogP contribution in [0.15, 0.2) is 31.4 Å². The zero-order valence-corrected chi connectivity index (χ0v) is 19.6. The molecule has 4 heterocycles. The highest BCUT2D eigenvalue weighted by Crippen LogP contribution is 2.28. The van der Waals surface area contributed by atoms with Crippen LogP contribution in [0.2, 0.25) is 0 Å². The van der Waals surface area contributed by atoms with Crippen LogP contribution >= 0.6 is 0 Å². The van der Waals surface area contributed by atoms with Crippen molar-refractivity contribution in [2.75, 3.05) is 20.2 Å². The molecule has 10 heteroatoms. The third-order valence-corrected chi connectivity index (χ3v) is 5.73. The second kappa shape index (κ2) is 8.89. The Morgan fingerprint density at radius 2 is 2.00 bits per heavy atom. The molecule has 0 bridgehead atoms. The van der Waals surface area contributed by atoms with Gasteiger partial charge in [0.15, 0.2) is 5.65 Å². The van der Waals surface area contributed by atoms with Gasteiger partial charge in [0, 0.05) is 32.9 Å². The summed E-state index contributed by atoms with van der Waals surface area (Å²) in [5.41, 5.74) is 5.53. The number of carbonyl (C=O) groups is 1. The van der Waals surface area contributed by atoms with Crippen LogP contribution in [-0.2, 0) is 20.5 Å². The Morgan fingerprint density at radius 3 is 2.70 bits per heavy atom. The number of nitrogens with zero attached hydrogens (tertiary/aromatic N) is 8. The number of amides is 1. The number of imidazole rings is 1. The topological polar surface area (TPSA) is 95.4 Å². The molecular weight excluding hydrogens is 420 g/mol. The van der Waals surface area contributed by atoms with Crippen molar-refractivity contribution in [3.05, 3.63) is 54.0 Å². The number of carbonyl (C=O) groups excluding carboxylic acids is 1. The number of aromatic nitrogens is 7. The lowest BCUT2D eigenvalue weighted by Crippen LogP contribution is -2.32. The first-order chi connectivity index (χ1) is 15.8. The van der Waals surface area contributed by atoms with E-state index in [1.54, 1.807) is 53.0 Å². The first-order valence-electron chi connectivity index (χ1n) is 10.7. The summed E-state index contributed by atoms with van der Waals surface area (Å²) in [6.07, 6.45) is 9.57. The van der Waals surface area contributed by atoms with E-state index in [0.29, 0.717) is 30.4 Å². The van der Waals surface area contributed by atoms with E-state index in [1.807, 2.05) is 31.5 Å². The van der Waals surface area contributed by atoms with Crippen LogP contribution in [0.5, 0.6) is 5.88 Å².